The Balaban J connectivity index is 2.57. The molecule has 13 heavy (non-hydrogen) atoms. The summed E-state index contributed by atoms with van der Waals surface area (Å²) in [6.45, 7) is 0. The van der Waals surface area contributed by atoms with Gasteiger partial charge in [0.2, 0.25) is 0 Å². The van der Waals surface area contributed by atoms with Gasteiger partial charge in [0.05, 0.1) is 0 Å². The van der Waals surface area contributed by atoms with E-state index >= 15 is 0 Å². The van der Waals surface area contributed by atoms with E-state index in [4.69, 9.17) is 5.73 Å². The summed E-state index contributed by atoms with van der Waals surface area (Å²) in [6, 6.07) is 4.11. The third-order valence-electron chi connectivity index (χ3n) is 2.40. The minimum absolute atomic E-state index is 0.00352. The van der Waals surface area contributed by atoms with Gasteiger partial charge in [-0.3, -0.25) is 4.79 Å². The van der Waals surface area contributed by atoms with Gasteiger partial charge in [-0.15, -0.1) is 0 Å². The number of fused-ring (bicyclic) bond motifs is 1. The first kappa shape index (κ1) is 8.38. The largest absolute Gasteiger partial charge is 0.324 e. The van der Waals surface area contributed by atoms with Crippen molar-refractivity contribution in [3.05, 3.63) is 35.1 Å². The summed E-state index contributed by atoms with van der Waals surface area (Å²) in [5.74, 6) is -0.377. The molecule has 0 amide bonds. The molecule has 0 aromatic heterocycles. The fraction of sp³-hybridized carbons (Fsp3) is 0.300. The van der Waals surface area contributed by atoms with Gasteiger partial charge in [-0.05, 0) is 24.1 Å². The molecule has 0 aliphatic heterocycles. The smallest absolute Gasteiger partial charge is 0.163 e. The fourth-order valence-corrected chi connectivity index (χ4v) is 1.67. The number of carbonyl (C=O) groups is 1. The quantitative estimate of drug-likeness (QED) is 0.659. The molecule has 0 bridgehead atoms. The van der Waals surface area contributed by atoms with E-state index in [-0.39, 0.29) is 17.6 Å². The molecule has 0 heterocycles. The number of rotatable bonds is 0. The van der Waals surface area contributed by atoms with Gasteiger partial charge in [-0.2, -0.15) is 0 Å². The molecule has 2 nitrogen and oxygen atoms in total. The van der Waals surface area contributed by atoms with E-state index in [0.717, 1.165) is 5.56 Å². The van der Waals surface area contributed by atoms with Crippen LogP contribution in [0.3, 0.4) is 0 Å². The summed E-state index contributed by atoms with van der Waals surface area (Å²) in [5.41, 5.74) is 7.02. The Morgan fingerprint density at radius 3 is 3.00 bits per heavy atom. The third-order valence-corrected chi connectivity index (χ3v) is 2.40. The molecule has 1 aromatic carbocycles. The van der Waals surface area contributed by atoms with Crippen LogP contribution in [0.4, 0.5) is 4.39 Å². The standard InChI is InChI=1S/C10H10FNO/c11-6-1-2-7-8(5-6)10(13)4-3-9(7)12/h1-2,5,9H,3-4,12H2. The van der Waals surface area contributed by atoms with Gasteiger partial charge in [0, 0.05) is 18.0 Å². The molecule has 0 spiro atoms. The predicted octanol–water partition coefficient (Wildman–Crippen LogP) is 1.80. The fourth-order valence-electron chi connectivity index (χ4n) is 1.67. The highest BCUT2D eigenvalue weighted by molar-refractivity contribution is 5.98. The summed E-state index contributed by atoms with van der Waals surface area (Å²) in [5, 5.41) is 0. The van der Waals surface area contributed by atoms with Crippen LogP contribution >= 0.6 is 0 Å². The summed E-state index contributed by atoms with van der Waals surface area (Å²) in [4.78, 5) is 11.4. The van der Waals surface area contributed by atoms with Crippen LogP contribution in [0, 0.1) is 5.82 Å². The lowest BCUT2D eigenvalue weighted by Gasteiger charge is -2.20. The number of Topliss-reactive ketones (excluding diaryl/α,β-unsaturated/α-hetero) is 1. The SMILES string of the molecule is NC1CCC(=O)c2cc(F)ccc21. The van der Waals surface area contributed by atoms with Crippen molar-refractivity contribution in [2.45, 2.75) is 18.9 Å². The van der Waals surface area contributed by atoms with Crippen LogP contribution in [0.15, 0.2) is 18.2 Å². The minimum Gasteiger partial charge on any atom is -0.324 e. The first-order valence-electron chi connectivity index (χ1n) is 4.26. The third kappa shape index (κ3) is 1.35. The first-order chi connectivity index (χ1) is 6.18. The van der Waals surface area contributed by atoms with Crippen molar-refractivity contribution in [3.63, 3.8) is 0 Å². The van der Waals surface area contributed by atoms with Crippen LogP contribution in [0.25, 0.3) is 0 Å². The monoisotopic (exact) mass is 179 g/mol. The number of nitrogens with two attached hydrogens (primary N) is 1. The van der Waals surface area contributed by atoms with Crippen LogP contribution < -0.4 is 5.73 Å². The van der Waals surface area contributed by atoms with Crippen molar-refractivity contribution in [1.82, 2.24) is 0 Å². The normalized spacial score (nSPS) is 21.4. The van der Waals surface area contributed by atoms with Crippen molar-refractivity contribution in [3.8, 4) is 0 Å². The lowest BCUT2D eigenvalue weighted by atomic mass is 9.87. The van der Waals surface area contributed by atoms with E-state index in [9.17, 15) is 9.18 Å². The Morgan fingerprint density at radius 1 is 1.46 bits per heavy atom. The molecular weight excluding hydrogens is 169 g/mol. The van der Waals surface area contributed by atoms with Crippen molar-refractivity contribution in [2.24, 2.45) is 5.73 Å². The van der Waals surface area contributed by atoms with Crippen LogP contribution in [0.1, 0.15) is 34.8 Å². The van der Waals surface area contributed by atoms with Crippen molar-refractivity contribution in [1.29, 1.82) is 0 Å². The maximum atomic E-state index is 12.8. The lowest BCUT2D eigenvalue weighted by Crippen LogP contribution is -2.21. The number of benzene rings is 1. The van der Waals surface area contributed by atoms with Crippen LogP contribution in [-0.2, 0) is 0 Å². The van der Waals surface area contributed by atoms with Gasteiger partial charge >= 0.3 is 0 Å². The second-order valence-corrected chi connectivity index (χ2v) is 3.30. The van der Waals surface area contributed by atoms with E-state index in [1.807, 2.05) is 0 Å². The summed E-state index contributed by atoms with van der Waals surface area (Å²) < 4.78 is 12.8. The first-order valence-corrected chi connectivity index (χ1v) is 4.26. The highest BCUT2D eigenvalue weighted by Gasteiger charge is 2.22. The molecule has 1 atom stereocenters. The van der Waals surface area contributed by atoms with Gasteiger partial charge < -0.3 is 5.73 Å². The summed E-state index contributed by atoms with van der Waals surface area (Å²) in [7, 11) is 0. The van der Waals surface area contributed by atoms with E-state index in [2.05, 4.69) is 0 Å². The number of carbonyl (C=O) groups excluding carboxylic acids is 1. The number of ketones is 1. The average molecular weight is 179 g/mol. The predicted molar refractivity (Wildman–Crippen MR) is 46.9 cm³/mol. The number of halogens is 1. The van der Waals surface area contributed by atoms with Crippen LogP contribution in [0.2, 0.25) is 0 Å². The zero-order valence-corrected chi connectivity index (χ0v) is 7.09. The van der Waals surface area contributed by atoms with Gasteiger partial charge in [0.1, 0.15) is 5.82 Å². The Hall–Kier alpha value is -1.22. The molecule has 1 aromatic rings. The van der Waals surface area contributed by atoms with Crippen molar-refractivity contribution < 1.29 is 9.18 Å². The lowest BCUT2D eigenvalue weighted by molar-refractivity contribution is 0.0966. The van der Waals surface area contributed by atoms with Gasteiger partial charge in [-0.25, -0.2) is 4.39 Å². The Morgan fingerprint density at radius 2 is 2.23 bits per heavy atom. The second-order valence-electron chi connectivity index (χ2n) is 3.30. The molecule has 0 saturated heterocycles. The molecule has 2 rings (SSSR count). The summed E-state index contributed by atoms with van der Waals surface area (Å²) in [6.07, 6.45) is 1.09. The molecule has 1 aliphatic carbocycles. The van der Waals surface area contributed by atoms with E-state index in [1.165, 1.54) is 12.1 Å². The van der Waals surface area contributed by atoms with E-state index in [1.54, 1.807) is 6.07 Å². The van der Waals surface area contributed by atoms with Gasteiger partial charge in [-0.1, -0.05) is 6.07 Å². The minimum atomic E-state index is -0.374. The Kier molecular flexibility index (Phi) is 1.88. The zero-order valence-electron chi connectivity index (χ0n) is 7.09. The van der Waals surface area contributed by atoms with Gasteiger partial charge in [0.25, 0.3) is 0 Å². The molecule has 0 fully saturated rings. The van der Waals surface area contributed by atoms with Crippen LogP contribution in [0.5, 0.6) is 0 Å². The van der Waals surface area contributed by atoms with Crippen LogP contribution in [-0.4, -0.2) is 5.78 Å². The second kappa shape index (κ2) is 2.92. The highest BCUT2D eigenvalue weighted by atomic mass is 19.1. The maximum absolute atomic E-state index is 12.8. The zero-order chi connectivity index (χ0) is 9.42. The van der Waals surface area contributed by atoms with Gasteiger partial charge in [0.15, 0.2) is 5.78 Å². The molecule has 3 heteroatoms. The van der Waals surface area contributed by atoms with Crippen molar-refractivity contribution >= 4 is 5.78 Å². The number of hydrogen-bond acceptors (Lipinski definition) is 2. The Bertz CT molecular complexity index is 362. The maximum Gasteiger partial charge on any atom is 0.163 e. The highest BCUT2D eigenvalue weighted by Crippen LogP contribution is 2.28. The molecule has 0 saturated carbocycles. The molecule has 2 N–H and O–H groups in total. The molecule has 1 unspecified atom stereocenters. The van der Waals surface area contributed by atoms with E-state index in [0.29, 0.717) is 18.4 Å². The van der Waals surface area contributed by atoms with Crippen molar-refractivity contribution in [2.75, 3.05) is 0 Å². The summed E-state index contributed by atoms with van der Waals surface area (Å²) >= 11 is 0. The molecular formula is C10H10FNO. The van der Waals surface area contributed by atoms with E-state index < -0.39 is 0 Å². The number of hydrogen-bond donors (Lipinski definition) is 1. The molecule has 0 radical (unpaired) electrons. The average Bonchev–Trinajstić information content (AvgIpc) is 2.12. The molecule has 68 valence electrons. The Labute approximate surface area is 75.6 Å². The molecule has 1 aliphatic rings. The topological polar surface area (TPSA) is 43.1 Å².